The lowest BCUT2D eigenvalue weighted by atomic mass is 9.84. The summed E-state index contributed by atoms with van der Waals surface area (Å²) in [5, 5.41) is 9.53. The smallest absolute Gasteiger partial charge is 0.407 e. The molecule has 9 nitrogen and oxygen atoms in total. The standard InChI is InChI=1S/C38H41N5O4/c1-24-20-31-32(21-25(24)2)41-36(40-31)33-23-47-29(22-39-33)19-18-26-12-10-11-17-30(26)42-37(44)35(43-38(45)46-3)34(27-13-6-4-7-14-27)28-15-8-5-9-16-28/h4-17,20-21,29,33-35,39H,18-19,22-23H2,1-3H3,(H,40,41)(H,42,44)(H,43,45)/t29-,33+,35?/m1/s1. The van der Waals surface area contributed by atoms with Crippen LogP contribution in [0.4, 0.5) is 10.5 Å². The molecule has 3 atom stereocenters. The first kappa shape index (κ1) is 32.0. The van der Waals surface area contributed by atoms with E-state index in [0.29, 0.717) is 25.3 Å². The molecule has 1 fully saturated rings. The predicted molar refractivity (Wildman–Crippen MR) is 183 cm³/mol. The number of anilines is 1. The van der Waals surface area contributed by atoms with Gasteiger partial charge in [0.15, 0.2) is 0 Å². The molecule has 1 aliphatic heterocycles. The molecule has 6 rings (SSSR count). The van der Waals surface area contributed by atoms with Gasteiger partial charge in [-0.25, -0.2) is 9.78 Å². The number of nitrogens with one attached hydrogen (secondary N) is 4. The van der Waals surface area contributed by atoms with Crippen LogP contribution in [0.2, 0.25) is 0 Å². The Labute approximate surface area is 275 Å². The lowest BCUT2D eigenvalue weighted by Crippen LogP contribution is -2.48. The Morgan fingerprint density at radius 1 is 0.936 bits per heavy atom. The highest BCUT2D eigenvalue weighted by Crippen LogP contribution is 2.30. The molecule has 1 unspecified atom stereocenters. The molecular weight excluding hydrogens is 590 g/mol. The Morgan fingerprint density at radius 2 is 1.60 bits per heavy atom. The minimum Gasteiger partial charge on any atom is -0.453 e. The number of aromatic amines is 1. The molecule has 4 aromatic carbocycles. The molecule has 1 aromatic heterocycles. The molecule has 1 saturated heterocycles. The zero-order valence-corrected chi connectivity index (χ0v) is 27.0. The molecule has 4 N–H and O–H groups in total. The van der Waals surface area contributed by atoms with Gasteiger partial charge in [-0.15, -0.1) is 0 Å². The van der Waals surface area contributed by atoms with Gasteiger partial charge in [0.25, 0.3) is 0 Å². The second kappa shape index (κ2) is 14.6. The van der Waals surface area contributed by atoms with E-state index in [9.17, 15) is 9.59 Å². The molecule has 2 amide bonds. The Morgan fingerprint density at radius 3 is 2.26 bits per heavy atom. The summed E-state index contributed by atoms with van der Waals surface area (Å²) < 4.78 is 11.2. The van der Waals surface area contributed by atoms with Crippen molar-refractivity contribution < 1.29 is 19.1 Å². The normalized spacial score (nSPS) is 16.9. The number of para-hydroxylation sites is 1. The highest BCUT2D eigenvalue weighted by molar-refractivity contribution is 5.98. The number of ether oxygens (including phenoxy) is 2. The Kier molecular flexibility index (Phi) is 9.94. The number of fused-ring (bicyclic) bond motifs is 1. The molecule has 0 spiro atoms. The number of aryl methyl sites for hydroxylation is 3. The van der Waals surface area contributed by atoms with Crippen molar-refractivity contribution >= 4 is 28.7 Å². The molecule has 47 heavy (non-hydrogen) atoms. The molecule has 0 aliphatic carbocycles. The van der Waals surface area contributed by atoms with E-state index in [4.69, 9.17) is 14.5 Å². The molecule has 0 bridgehead atoms. The van der Waals surface area contributed by atoms with Gasteiger partial charge in [-0.05, 0) is 72.7 Å². The third-order valence-electron chi connectivity index (χ3n) is 8.94. The predicted octanol–water partition coefficient (Wildman–Crippen LogP) is 6.34. The van der Waals surface area contributed by atoms with E-state index in [1.165, 1.54) is 18.2 Å². The van der Waals surface area contributed by atoms with Gasteiger partial charge in [0.05, 0.1) is 36.9 Å². The number of nitrogens with zero attached hydrogens (tertiary/aromatic N) is 1. The fraction of sp³-hybridized carbons (Fsp3) is 0.289. The lowest BCUT2D eigenvalue weighted by Gasteiger charge is -2.30. The third kappa shape index (κ3) is 7.53. The number of amides is 2. The van der Waals surface area contributed by atoms with Crippen LogP contribution in [0.15, 0.2) is 97.1 Å². The summed E-state index contributed by atoms with van der Waals surface area (Å²) in [5.74, 6) is 0.101. The van der Waals surface area contributed by atoms with Gasteiger partial charge in [0.2, 0.25) is 5.91 Å². The van der Waals surface area contributed by atoms with Gasteiger partial charge in [-0.3, -0.25) is 4.79 Å². The van der Waals surface area contributed by atoms with Crippen LogP contribution in [0.3, 0.4) is 0 Å². The van der Waals surface area contributed by atoms with Gasteiger partial charge in [0, 0.05) is 18.2 Å². The first-order valence-electron chi connectivity index (χ1n) is 16.0. The van der Waals surface area contributed by atoms with Crippen molar-refractivity contribution in [2.24, 2.45) is 0 Å². The van der Waals surface area contributed by atoms with Gasteiger partial charge in [-0.1, -0.05) is 78.9 Å². The monoisotopic (exact) mass is 631 g/mol. The van der Waals surface area contributed by atoms with Crippen LogP contribution in [-0.4, -0.2) is 54.4 Å². The van der Waals surface area contributed by atoms with Crippen LogP contribution in [0.1, 0.15) is 52.0 Å². The van der Waals surface area contributed by atoms with Crippen LogP contribution >= 0.6 is 0 Å². The molecule has 242 valence electrons. The summed E-state index contributed by atoms with van der Waals surface area (Å²) >= 11 is 0. The number of carbonyl (C=O) groups is 2. The Balaban J connectivity index is 1.13. The van der Waals surface area contributed by atoms with Crippen molar-refractivity contribution in [2.75, 3.05) is 25.6 Å². The zero-order chi connectivity index (χ0) is 32.8. The quantitative estimate of drug-likeness (QED) is 0.143. The molecule has 0 saturated carbocycles. The number of methoxy groups -OCH3 is 1. The van der Waals surface area contributed by atoms with Crippen LogP contribution in [0.25, 0.3) is 11.0 Å². The average Bonchev–Trinajstić information content (AvgIpc) is 3.51. The number of imidazole rings is 1. The van der Waals surface area contributed by atoms with E-state index in [1.807, 2.05) is 84.9 Å². The lowest BCUT2D eigenvalue weighted by molar-refractivity contribution is -0.118. The van der Waals surface area contributed by atoms with Crippen molar-refractivity contribution in [3.05, 3.63) is 131 Å². The van der Waals surface area contributed by atoms with Crippen molar-refractivity contribution in [1.82, 2.24) is 20.6 Å². The SMILES string of the molecule is COC(=O)NC(C(=O)Nc1ccccc1CC[C@@H]1CN[C@H](c2nc3cc(C)c(C)cc3[nH]2)CO1)C(c1ccccc1)c1ccccc1. The second-order valence-electron chi connectivity index (χ2n) is 12.1. The van der Waals surface area contributed by atoms with Gasteiger partial charge in [0.1, 0.15) is 11.9 Å². The summed E-state index contributed by atoms with van der Waals surface area (Å²) in [6.07, 6.45) is 0.805. The average molecular weight is 632 g/mol. The third-order valence-corrected chi connectivity index (χ3v) is 8.94. The number of H-pyrrole nitrogens is 1. The van der Waals surface area contributed by atoms with E-state index in [1.54, 1.807) is 0 Å². The van der Waals surface area contributed by atoms with Gasteiger partial charge < -0.3 is 30.4 Å². The maximum Gasteiger partial charge on any atom is 0.407 e. The molecule has 9 heteroatoms. The number of carbonyl (C=O) groups excluding carboxylic acids is 2. The van der Waals surface area contributed by atoms with Crippen molar-refractivity contribution in [3.8, 4) is 0 Å². The summed E-state index contributed by atoms with van der Waals surface area (Å²) in [7, 11) is 1.29. The number of benzene rings is 4. The molecule has 0 radical (unpaired) electrons. The summed E-state index contributed by atoms with van der Waals surface area (Å²) in [5.41, 5.74) is 7.95. The number of hydrogen-bond donors (Lipinski definition) is 4. The molecule has 1 aliphatic rings. The highest BCUT2D eigenvalue weighted by atomic mass is 16.5. The fourth-order valence-electron chi connectivity index (χ4n) is 6.21. The number of morpholine rings is 1. The minimum atomic E-state index is -0.936. The van der Waals surface area contributed by atoms with Crippen LogP contribution < -0.4 is 16.0 Å². The summed E-state index contributed by atoms with van der Waals surface area (Å²) in [6.45, 7) is 5.41. The highest BCUT2D eigenvalue weighted by Gasteiger charge is 2.33. The Hall–Kier alpha value is -4.99. The van der Waals surface area contributed by atoms with E-state index in [2.05, 4.69) is 46.9 Å². The van der Waals surface area contributed by atoms with Gasteiger partial charge >= 0.3 is 6.09 Å². The van der Waals surface area contributed by atoms with Crippen molar-refractivity contribution in [3.63, 3.8) is 0 Å². The minimum absolute atomic E-state index is 0.00717. The van der Waals surface area contributed by atoms with E-state index >= 15 is 0 Å². The number of rotatable bonds is 10. The van der Waals surface area contributed by atoms with E-state index in [-0.39, 0.29) is 18.1 Å². The summed E-state index contributed by atoms with van der Waals surface area (Å²) in [6, 6.07) is 30.5. The molecular formula is C38H41N5O4. The maximum atomic E-state index is 14.1. The zero-order valence-electron chi connectivity index (χ0n) is 27.0. The Bertz CT molecular complexity index is 1740. The molecule has 5 aromatic rings. The second-order valence-corrected chi connectivity index (χ2v) is 12.1. The number of aromatic nitrogens is 2. The van der Waals surface area contributed by atoms with Gasteiger partial charge in [-0.2, -0.15) is 0 Å². The van der Waals surface area contributed by atoms with E-state index in [0.717, 1.165) is 40.0 Å². The number of hydrogen-bond acceptors (Lipinski definition) is 6. The van der Waals surface area contributed by atoms with Crippen LogP contribution in [-0.2, 0) is 20.7 Å². The van der Waals surface area contributed by atoms with Crippen molar-refractivity contribution in [2.45, 2.75) is 50.8 Å². The molecule has 2 heterocycles. The topological polar surface area (TPSA) is 117 Å². The first-order valence-corrected chi connectivity index (χ1v) is 16.0. The fourth-order valence-corrected chi connectivity index (χ4v) is 6.21. The maximum absolute atomic E-state index is 14.1. The van der Waals surface area contributed by atoms with E-state index < -0.39 is 18.1 Å². The van der Waals surface area contributed by atoms with Crippen LogP contribution in [0, 0.1) is 13.8 Å². The van der Waals surface area contributed by atoms with Crippen LogP contribution in [0.5, 0.6) is 0 Å². The summed E-state index contributed by atoms with van der Waals surface area (Å²) in [4.78, 5) is 34.9. The largest absolute Gasteiger partial charge is 0.453 e. The number of alkyl carbamates (subject to hydrolysis) is 1. The first-order chi connectivity index (χ1) is 22.9. The van der Waals surface area contributed by atoms with Crippen molar-refractivity contribution in [1.29, 1.82) is 0 Å².